The van der Waals surface area contributed by atoms with E-state index >= 15 is 0 Å². The van der Waals surface area contributed by atoms with Crippen molar-refractivity contribution in [3.63, 3.8) is 0 Å². The van der Waals surface area contributed by atoms with Crippen LogP contribution in [0.15, 0.2) is 36.7 Å². The molecular weight excluding hydrogens is 238 g/mol. The molecule has 0 aliphatic carbocycles. The zero-order chi connectivity index (χ0) is 13.7. The minimum Gasteiger partial charge on any atom is -0.387 e. The van der Waals surface area contributed by atoms with Crippen LogP contribution in [0.2, 0.25) is 0 Å². The molecule has 0 saturated heterocycles. The fraction of sp³-hybridized carbons (Fsp3) is 0.400. The highest BCUT2D eigenvalue weighted by Crippen LogP contribution is 2.16. The minimum absolute atomic E-state index is 0.461. The van der Waals surface area contributed by atoms with Gasteiger partial charge in [-0.3, -0.25) is 4.68 Å². The molecule has 2 rings (SSSR count). The third kappa shape index (κ3) is 3.91. The number of aliphatic hydroxyl groups excluding tert-OH is 1. The Kier molecular flexibility index (Phi) is 4.71. The Labute approximate surface area is 114 Å². The van der Waals surface area contributed by atoms with Crippen LogP contribution in [0.1, 0.15) is 22.8 Å². The quantitative estimate of drug-likeness (QED) is 0.778. The molecule has 1 aromatic carbocycles. The van der Waals surface area contributed by atoms with E-state index in [9.17, 15) is 5.11 Å². The number of nitrogens with one attached hydrogen (secondary N) is 1. The number of aryl methyl sites for hydroxylation is 2. The first-order valence-corrected chi connectivity index (χ1v) is 6.60. The van der Waals surface area contributed by atoms with Crippen LogP contribution in [-0.4, -0.2) is 28.0 Å². The van der Waals surface area contributed by atoms with Crippen molar-refractivity contribution in [1.29, 1.82) is 0 Å². The molecule has 2 N–H and O–H groups in total. The molecule has 0 amide bonds. The number of hydrogen-bond acceptors (Lipinski definition) is 3. The molecule has 2 aromatic rings. The average molecular weight is 259 g/mol. The van der Waals surface area contributed by atoms with Crippen molar-refractivity contribution < 1.29 is 5.11 Å². The summed E-state index contributed by atoms with van der Waals surface area (Å²) in [5.74, 6) is 0. The molecular formula is C15H21N3O. The second kappa shape index (κ2) is 6.50. The van der Waals surface area contributed by atoms with Gasteiger partial charge in [0.2, 0.25) is 0 Å². The molecule has 1 aromatic heterocycles. The molecule has 1 atom stereocenters. The topological polar surface area (TPSA) is 50.1 Å². The van der Waals surface area contributed by atoms with Crippen molar-refractivity contribution in [2.75, 3.05) is 13.1 Å². The van der Waals surface area contributed by atoms with Crippen LogP contribution < -0.4 is 5.32 Å². The van der Waals surface area contributed by atoms with Gasteiger partial charge in [0.25, 0.3) is 0 Å². The summed E-state index contributed by atoms with van der Waals surface area (Å²) in [6.07, 6.45) is 3.24. The van der Waals surface area contributed by atoms with Crippen molar-refractivity contribution >= 4 is 0 Å². The first kappa shape index (κ1) is 13.8. The van der Waals surface area contributed by atoms with Gasteiger partial charge in [0, 0.05) is 25.5 Å². The zero-order valence-corrected chi connectivity index (χ0v) is 11.5. The molecule has 102 valence electrons. The molecule has 0 radical (unpaired) electrons. The highest BCUT2D eigenvalue weighted by atomic mass is 16.3. The van der Waals surface area contributed by atoms with Crippen molar-refractivity contribution in [3.05, 3.63) is 53.3 Å². The van der Waals surface area contributed by atoms with Crippen LogP contribution >= 0.6 is 0 Å². The van der Waals surface area contributed by atoms with Crippen LogP contribution in [0.3, 0.4) is 0 Å². The van der Waals surface area contributed by atoms with Gasteiger partial charge in [-0.1, -0.05) is 18.2 Å². The Bertz CT molecular complexity index is 508. The van der Waals surface area contributed by atoms with E-state index in [-0.39, 0.29) is 0 Å². The lowest BCUT2D eigenvalue weighted by atomic mass is 10.0. The van der Waals surface area contributed by atoms with Gasteiger partial charge in [0.05, 0.1) is 12.6 Å². The largest absolute Gasteiger partial charge is 0.387 e. The summed E-state index contributed by atoms with van der Waals surface area (Å²) in [5, 5.41) is 17.5. The standard InChI is InChI=1S/C15H21N3O/c1-12-4-5-14(10-13(12)2)15(19)11-16-7-9-18-8-3-6-17-18/h3-6,8,10,15-16,19H,7,9,11H2,1-2H3/t15-/m1/s1. The van der Waals surface area contributed by atoms with Gasteiger partial charge in [0.1, 0.15) is 0 Å². The van der Waals surface area contributed by atoms with E-state index in [2.05, 4.69) is 36.4 Å². The third-order valence-electron chi connectivity index (χ3n) is 3.33. The van der Waals surface area contributed by atoms with Crippen molar-refractivity contribution in [3.8, 4) is 0 Å². The summed E-state index contributed by atoms with van der Waals surface area (Å²) < 4.78 is 1.87. The number of benzene rings is 1. The SMILES string of the molecule is Cc1ccc([C@H](O)CNCCn2cccn2)cc1C. The number of rotatable bonds is 6. The molecule has 0 saturated carbocycles. The van der Waals surface area contributed by atoms with Crippen LogP contribution in [0, 0.1) is 13.8 Å². The van der Waals surface area contributed by atoms with Crippen molar-refractivity contribution in [2.24, 2.45) is 0 Å². The number of aliphatic hydroxyl groups is 1. The smallest absolute Gasteiger partial charge is 0.0914 e. The summed E-state index contributed by atoms with van der Waals surface area (Å²) in [6, 6.07) is 8.00. The fourth-order valence-corrected chi connectivity index (χ4v) is 1.95. The van der Waals surface area contributed by atoms with Gasteiger partial charge < -0.3 is 10.4 Å². The molecule has 0 spiro atoms. The normalized spacial score (nSPS) is 12.6. The second-order valence-electron chi connectivity index (χ2n) is 4.83. The van der Waals surface area contributed by atoms with Gasteiger partial charge >= 0.3 is 0 Å². The van der Waals surface area contributed by atoms with E-state index in [0.29, 0.717) is 6.54 Å². The Morgan fingerprint density at radius 3 is 2.84 bits per heavy atom. The van der Waals surface area contributed by atoms with E-state index in [1.165, 1.54) is 11.1 Å². The Morgan fingerprint density at radius 2 is 2.16 bits per heavy atom. The van der Waals surface area contributed by atoms with Gasteiger partial charge in [-0.25, -0.2) is 0 Å². The summed E-state index contributed by atoms with van der Waals surface area (Å²) in [5.41, 5.74) is 3.44. The zero-order valence-electron chi connectivity index (χ0n) is 11.5. The highest BCUT2D eigenvalue weighted by Gasteiger charge is 2.07. The maximum Gasteiger partial charge on any atom is 0.0914 e. The van der Waals surface area contributed by atoms with Crippen molar-refractivity contribution in [1.82, 2.24) is 15.1 Å². The molecule has 0 aliphatic heterocycles. The summed E-state index contributed by atoms with van der Waals surface area (Å²) in [4.78, 5) is 0. The van der Waals surface area contributed by atoms with E-state index in [0.717, 1.165) is 18.7 Å². The predicted molar refractivity (Wildman–Crippen MR) is 76.0 cm³/mol. The monoisotopic (exact) mass is 259 g/mol. The molecule has 0 unspecified atom stereocenters. The predicted octanol–water partition coefficient (Wildman–Crippen LogP) is 1.82. The molecule has 0 bridgehead atoms. The van der Waals surface area contributed by atoms with Crippen LogP contribution in [0.5, 0.6) is 0 Å². The third-order valence-corrected chi connectivity index (χ3v) is 3.33. The lowest BCUT2D eigenvalue weighted by Gasteiger charge is -2.13. The summed E-state index contributed by atoms with van der Waals surface area (Å²) >= 11 is 0. The molecule has 0 fully saturated rings. The van der Waals surface area contributed by atoms with Gasteiger partial charge in [-0.15, -0.1) is 0 Å². The maximum atomic E-state index is 10.1. The average Bonchev–Trinajstić information content (AvgIpc) is 2.91. The van der Waals surface area contributed by atoms with Gasteiger partial charge in [-0.2, -0.15) is 5.10 Å². The highest BCUT2D eigenvalue weighted by molar-refractivity contribution is 5.31. The van der Waals surface area contributed by atoms with Crippen LogP contribution in [-0.2, 0) is 6.54 Å². The molecule has 0 aliphatic rings. The summed E-state index contributed by atoms with van der Waals surface area (Å²) in [6.45, 7) is 6.31. The molecule has 1 heterocycles. The number of hydrogen-bond donors (Lipinski definition) is 2. The van der Waals surface area contributed by atoms with E-state index in [1.54, 1.807) is 6.20 Å². The first-order valence-electron chi connectivity index (χ1n) is 6.60. The van der Waals surface area contributed by atoms with Gasteiger partial charge in [-0.05, 0) is 36.6 Å². The second-order valence-corrected chi connectivity index (χ2v) is 4.83. The number of aromatic nitrogens is 2. The Balaban J connectivity index is 1.77. The molecule has 4 heteroatoms. The van der Waals surface area contributed by atoms with Gasteiger partial charge in [0.15, 0.2) is 0 Å². The molecule has 4 nitrogen and oxygen atoms in total. The molecule has 19 heavy (non-hydrogen) atoms. The lowest BCUT2D eigenvalue weighted by Crippen LogP contribution is -2.25. The van der Waals surface area contributed by atoms with E-state index in [4.69, 9.17) is 0 Å². The first-order chi connectivity index (χ1) is 9.16. The Morgan fingerprint density at radius 1 is 1.32 bits per heavy atom. The lowest BCUT2D eigenvalue weighted by molar-refractivity contribution is 0.174. The van der Waals surface area contributed by atoms with Crippen LogP contribution in [0.4, 0.5) is 0 Å². The van der Waals surface area contributed by atoms with E-state index < -0.39 is 6.10 Å². The Hall–Kier alpha value is -1.65. The fourth-order valence-electron chi connectivity index (χ4n) is 1.95. The minimum atomic E-state index is -0.461. The van der Waals surface area contributed by atoms with Crippen LogP contribution in [0.25, 0.3) is 0 Å². The van der Waals surface area contributed by atoms with Crippen molar-refractivity contribution in [2.45, 2.75) is 26.5 Å². The summed E-state index contributed by atoms with van der Waals surface area (Å²) in [7, 11) is 0. The number of nitrogens with zero attached hydrogens (tertiary/aromatic N) is 2. The maximum absolute atomic E-state index is 10.1. The van der Waals surface area contributed by atoms with E-state index in [1.807, 2.05) is 23.0 Å².